The van der Waals surface area contributed by atoms with Crippen LogP contribution in [-0.4, -0.2) is 58.7 Å². The van der Waals surface area contributed by atoms with E-state index < -0.39 is 0 Å². The average Bonchev–Trinajstić information content (AvgIpc) is 3.48. The van der Waals surface area contributed by atoms with E-state index in [0.29, 0.717) is 41.4 Å². The molecule has 5 heterocycles. The van der Waals surface area contributed by atoms with E-state index in [9.17, 15) is 4.79 Å². The first-order valence-electron chi connectivity index (χ1n) is 14.0. The molecular weight excluding hydrogens is 502 g/mol. The van der Waals surface area contributed by atoms with Gasteiger partial charge >= 0.3 is 0 Å². The number of aromatic nitrogens is 7. The summed E-state index contributed by atoms with van der Waals surface area (Å²) in [5, 5.41) is 4.16. The van der Waals surface area contributed by atoms with Crippen molar-refractivity contribution in [1.29, 1.82) is 0 Å². The van der Waals surface area contributed by atoms with Gasteiger partial charge in [-0.15, -0.1) is 0 Å². The van der Waals surface area contributed by atoms with Crippen molar-refractivity contribution in [3.8, 4) is 17.2 Å². The smallest absolute Gasteiger partial charge is 0.263 e. The van der Waals surface area contributed by atoms with Gasteiger partial charge in [-0.3, -0.25) is 13.9 Å². The van der Waals surface area contributed by atoms with Crippen molar-refractivity contribution in [2.24, 2.45) is 13.0 Å². The zero-order valence-corrected chi connectivity index (χ0v) is 22.9. The Labute approximate surface area is 232 Å². The molecule has 2 fully saturated rings. The minimum Gasteiger partial charge on any atom is -0.324 e. The summed E-state index contributed by atoms with van der Waals surface area (Å²) in [4.78, 5) is 34.6. The number of hydrogen-bond acceptors (Lipinski definition) is 7. The molecule has 4 aromatic heterocycles. The predicted molar refractivity (Wildman–Crippen MR) is 155 cm³/mol. The third kappa shape index (κ3) is 4.68. The number of imidazole rings is 2. The number of nitrogens with zero attached hydrogens (tertiary/aromatic N) is 8. The first-order chi connectivity index (χ1) is 19.5. The van der Waals surface area contributed by atoms with Crippen LogP contribution in [0.25, 0.3) is 28.2 Å². The van der Waals surface area contributed by atoms with Gasteiger partial charge in [0.15, 0.2) is 5.82 Å². The minimum absolute atomic E-state index is 0.0962. The third-order valence-electron chi connectivity index (χ3n) is 8.24. The largest absolute Gasteiger partial charge is 0.324 e. The molecule has 204 valence electrons. The molecule has 40 heavy (non-hydrogen) atoms. The van der Waals surface area contributed by atoms with Crippen molar-refractivity contribution < 1.29 is 0 Å². The summed E-state index contributed by atoms with van der Waals surface area (Å²) in [7, 11) is 4.11. The van der Waals surface area contributed by atoms with Crippen LogP contribution < -0.4 is 10.9 Å². The lowest BCUT2D eigenvalue weighted by molar-refractivity contribution is 0.255. The maximum Gasteiger partial charge on any atom is 0.263 e. The predicted octanol–water partition coefficient (Wildman–Crippen LogP) is 4.34. The second kappa shape index (κ2) is 10.0. The summed E-state index contributed by atoms with van der Waals surface area (Å²) in [6, 6.07) is 10.5. The molecule has 0 amide bonds. The number of fused-ring (bicyclic) bond motifs is 1. The number of nitrogens with one attached hydrogen (secondary N) is 1. The van der Waals surface area contributed by atoms with Crippen molar-refractivity contribution in [2.45, 2.75) is 38.1 Å². The van der Waals surface area contributed by atoms with Crippen molar-refractivity contribution in [1.82, 2.24) is 38.5 Å². The van der Waals surface area contributed by atoms with E-state index in [4.69, 9.17) is 4.98 Å². The summed E-state index contributed by atoms with van der Waals surface area (Å²) in [6.07, 6.45) is 13.5. The van der Waals surface area contributed by atoms with Gasteiger partial charge in [0.1, 0.15) is 11.5 Å². The maximum absolute atomic E-state index is 13.9. The van der Waals surface area contributed by atoms with Crippen LogP contribution in [0.1, 0.15) is 37.2 Å². The maximum atomic E-state index is 13.9. The molecule has 7 rings (SSSR count). The fourth-order valence-corrected chi connectivity index (χ4v) is 5.69. The summed E-state index contributed by atoms with van der Waals surface area (Å²) in [6.45, 7) is 2.92. The van der Waals surface area contributed by atoms with Crippen molar-refractivity contribution in [3.05, 3.63) is 77.4 Å². The number of rotatable bonds is 7. The molecular formula is C30H33N9O. The van der Waals surface area contributed by atoms with Gasteiger partial charge in [0.25, 0.3) is 5.56 Å². The number of pyridine rings is 1. The van der Waals surface area contributed by atoms with Gasteiger partial charge in [-0.2, -0.15) is 4.98 Å². The zero-order valence-electron chi connectivity index (χ0n) is 22.9. The highest BCUT2D eigenvalue weighted by Crippen LogP contribution is 2.32. The van der Waals surface area contributed by atoms with Crippen LogP contribution in [0.5, 0.6) is 0 Å². The molecule has 2 aliphatic rings. The molecule has 10 heteroatoms. The van der Waals surface area contributed by atoms with Crippen LogP contribution >= 0.6 is 0 Å². The van der Waals surface area contributed by atoms with Gasteiger partial charge in [-0.1, -0.05) is 12.1 Å². The van der Waals surface area contributed by atoms with Crippen LogP contribution in [0.2, 0.25) is 0 Å². The summed E-state index contributed by atoms with van der Waals surface area (Å²) < 4.78 is 5.60. The van der Waals surface area contributed by atoms with Crippen LogP contribution in [0.15, 0.2) is 66.2 Å². The van der Waals surface area contributed by atoms with E-state index >= 15 is 0 Å². The molecule has 0 radical (unpaired) electrons. The quantitative estimate of drug-likeness (QED) is 0.331. The molecule has 10 nitrogen and oxygen atoms in total. The number of benzene rings is 1. The standard InChI is InChI=1S/C30H33N9O/c1-36-12-9-22(10-13-36)21-5-7-24(8-6-21)34-30-33-16-23-15-25(29(40)39(27(23)35-30)18-20-3-4-20)28-32-11-14-38(28)26-17-31-19-37(26)2/h5-8,11,14-17,19-20,22H,3-4,9-10,12-13,18H2,1-2H3,(H,33,34,35). The lowest BCUT2D eigenvalue weighted by Crippen LogP contribution is -2.29. The minimum atomic E-state index is -0.0962. The van der Waals surface area contributed by atoms with Crippen LogP contribution in [0.4, 0.5) is 11.6 Å². The summed E-state index contributed by atoms with van der Waals surface area (Å²) in [5.74, 6) is 2.99. The van der Waals surface area contributed by atoms with Gasteiger partial charge in [0.05, 0.1) is 18.1 Å². The molecule has 1 aromatic carbocycles. The second-order valence-electron chi connectivity index (χ2n) is 11.2. The summed E-state index contributed by atoms with van der Waals surface area (Å²) >= 11 is 0. The van der Waals surface area contributed by atoms with Gasteiger partial charge in [-0.25, -0.2) is 15.0 Å². The average molecular weight is 536 g/mol. The van der Waals surface area contributed by atoms with Gasteiger partial charge < -0.3 is 14.8 Å². The molecule has 0 bridgehead atoms. The Bertz CT molecular complexity index is 1720. The van der Waals surface area contributed by atoms with Gasteiger partial charge in [-0.05, 0) is 81.4 Å². The Kier molecular flexibility index (Phi) is 6.19. The molecule has 1 N–H and O–H groups in total. The topological polar surface area (TPSA) is 98.7 Å². The number of piperidine rings is 1. The van der Waals surface area contributed by atoms with E-state index in [-0.39, 0.29) is 5.56 Å². The highest BCUT2D eigenvalue weighted by molar-refractivity contribution is 5.81. The monoisotopic (exact) mass is 535 g/mol. The molecule has 1 aliphatic carbocycles. The Balaban J connectivity index is 1.22. The van der Waals surface area contributed by atoms with E-state index in [1.165, 1.54) is 18.4 Å². The fourth-order valence-electron chi connectivity index (χ4n) is 5.69. The number of anilines is 2. The van der Waals surface area contributed by atoms with Gasteiger partial charge in [0, 0.05) is 43.3 Å². The Morgan fingerprint density at radius 3 is 2.52 bits per heavy atom. The molecule has 0 spiro atoms. The van der Waals surface area contributed by atoms with Crippen molar-refractivity contribution in [3.63, 3.8) is 0 Å². The molecule has 1 saturated heterocycles. The molecule has 1 aliphatic heterocycles. The number of likely N-dealkylation sites (tertiary alicyclic amines) is 1. The number of hydrogen-bond donors (Lipinski definition) is 1. The van der Waals surface area contributed by atoms with Crippen LogP contribution in [0.3, 0.4) is 0 Å². The van der Waals surface area contributed by atoms with E-state index in [1.807, 2.05) is 28.4 Å². The summed E-state index contributed by atoms with van der Waals surface area (Å²) in [5.41, 5.74) is 3.38. The molecule has 1 saturated carbocycles. The highest BCUT2D eigenvalue weighted by Gasteiger charge is 2.26. The first-order valence-corrected chi connectivity index (χ1v) is 14.0. The van der Waals surface area contributed by atoms with Crippen molar-refractivity contribution >= 4 is 22.7 Å². The first kappa shape index (κ1) is 24.7. The Hall–Kier alpha value is -4.31. The van der Waals surface area contributed by atoms with Crippen LogP contribution in [-0.2, 0) is 13.6 Å². The van der Waals surface area contributed by atoms with Crippen molar-refractivity contribution in [2.75, 3.05) is 25.5 Å². The van der Waals surface area contributed by atoms with Crippen LogP contribution in [0, 0.1) is 5.92 Å². The normalized spacial score (nSPS) is 16.6. The number of aryl methyl sites for hydroxylation is 1. The van der Waals surface area contributed by atoms with E-state index in [0.717, 1.165) is 42.8 Å². The highest BCUT2D eigenvalue weighted by atomic mass is 16.1. The molecule has 0 unspecified atom stereocenters. The van der Waals surface area contributed by atoms with E-state index in [2.05, 4.69) is 56.5 Å². The third-order valence-corrected chi connectivity index (χ3v) is 8.24. The SMILES string of the molecule is CN1CCC(c2ccc(Nc3ncc4cc(-c5nccn5-c5cncn5C)c(=O)n(CC5CC5)c4n3)cc2)CC1. The molecule has 0 atom stereocenters. The Morgan fingerprint density at radius 2 is 1.80 bits per heavy atom. The van der Waals surface area contributed by atoms with E-state index in [1.54, 1.807) is 29.5 Å². The van der Waals surface area contributed by atoms with Gasteiger partial charge in [0.2, 0.25) is 5.95 Å². The lowest BCUT2D eigenvalue weighted by atomic mass is 9.89. The second-order valence-corrected chi connectivity index (χ2v) is 11.2. The molecule has 5 aromatic rings. The fraction of sp³-hybridized carbons (Fsp3) is 0.367. The zero-order chi connectivity index (χ0) is 27.2. The Morgan fingerprint density at radius 1 is 1.00 bits per heavy atom. The lowest BCUT2D eigenvalue weighted by Gasteiger charge is -2.29.